The van der Waals surface area contributed by atoms with Crippen LogP contribution in [0.15, 0.2) is 30.3 Å². The molecule has 1 aliphatic carbocycles. The van der Waals surface area contributed by atoms with Gasteiger partial charge in [0.2, 0.25) is 23.6 Å². The number of benzene rings is 1. The number of likely N-dealkylation sites (tertiary alicyclic amines) is 2. The topological polar surface area (TPSA) is 101 Å². The molecule has 7 heteroatoms. The van der Waals surface area contributed by atoms with E-state index in [1.165, 1.54) is 11.9 Å². The molecule has 28 heavy (non-hydrogen) atoms. The van der Waals surface area contributed by atoms with Gasteiger partial charge in [-0.1, -0.05) is 49.6 Å². The molecule has 1 aromatic carbocycles. The molecule has 4 unspecified atom stereocenters. The lowest BCUT2D eigenvalue weighted by Crippen LogP contribution is -2.51. The summed E-state index contributed by atoms with van der Waals surface area (Å²) in [4.78, 5) is 54.2. The van der Waals surface area contributed by atoms with Gasteiger partial charge in [0.1, 0.15) is 6.04 Å². The molecule has 1 saturated carbocycles. The van der Waals surface area contributed by atoms with Gasteiger partial charge in [-0.25, -0.2) is 0 Å². The van der Waals surface area contributed by atoms with Crippen molar-refractivity contribution < 1.29 is 19.2 Å². The highest BCUT2D eigenvalue weighted by Crippen LogP contribution is 2.50. The summed E-state index contributed by atoms with van der Waals surface area (Å²) in [5, 5.41) is 0. The molecular formula is C21H25N3O4. The number of carbonyl (C=O) groups excluding carboxylic acids is 4. The van der Waals surface area contributed by atoms with Crippen LogP contribution in [0.2, 0.25) is 0 Å². The number of hydrogen-bond acceptors (Lipinski definition) is 4. The molecular weight excluding hydrogens is 358 g/mol. The van der Waals surface area contributed by atoms with E-state index < -0.39 is 35.7 Å². The Morgan fingerprint density at radius 3 is 2.18 bits per heavy atom. The zero-order valence-electron chi connectivity index (χ0n) is 15.9. The first-order valence-corrected chi connectivity index (χ1v) is 9.91. The van der Waals surface area contributed by atoms with Crippen LogP contribution in [0.25, 0.3) is 0 Å². The van der Waals surface area contributed by atoms with E-state index in [2.05, 4.69) is 0 Å². The summed E-state index contributed by atoms with van der Waals surface area (Å²) < 4.78 is 0. The second kappa shape index (κ2) is 7.04. The summed E-state index contributed by atoms with van der Waals surface area (Å²) in [6.07, 6.45) is 4.56. The van der Waals surface area contributed by atoms with Gasteiger partial charge in [-0.15, -0.1) is 0 Å². The van der Waals surface area contributed by atoms with Gasteiger partial charge < -0.3 is 10.6 Å². The fourth-order valence-corrected chi connectivity index (χ4v) is 5.21. The lowest BCUT2D eigenvalue weighted by Gasteiger charge is -2.35. The van der Waals surface area contributed by atoms with Crippen LogP contribution >= 0.6 is 0 Å². The van der Waals surface area contributed by atoms with E-state index in [0.717, 1.165) is 42.6 Å². The molecule has 3 fully saturated rings. The van der Waals surface area contributed by atoms with Crippen molar-refractivity contribution in [3.05, 3.63) is 35.9 Å². The van der Waals surface area contributed by atoms with E-state index in [0.29, 0.717) is 0 Å². The number of hydrogen-bond donors (Lipinski definition) is 1. The number of fused-ring (bicyclic) bond motifs is 1. The lowest BCUT2D eigenvalue weighted by atomic mass is 9.86. The molecule has 4 amide bonds. The minimum Gasteiger partial charge on any atom is -0.368 e. The predicted octanol–water partition coefficient (Wildman–Crippen LogP) is 1.24. The average Bonchev–Trinajstić information content (AvgIpc) is 3.18. The molecule has 0 radical (unpaired) electrons. The highest BCUT2D eigenvalue weighted by atomic mass is 16.2. The first-order valence-electron chi connectivity index (χ1n) is 9.91. The third kappa shape index (κ3) is 2.72. The Labute approximate surface area is 163 Å². The van der Waals surface area contributed by atoms with Crippen molar-refractivity contribution in [2.45, 2.75) is 44.2 Å². The van der Waals surface area contributed by atoms with Crippen LogP contribution in [0.3, 0.4) is 0 Å². The Morgan fingerprint density at radius 1 is 0.964 bits per heavy atom. The van der Waals surface area contributed by atoms with E-state index in [4.69, 9.17) is 5.73 Å². The molecule has 2 saturated heterocycles. The van der Waals surface area contributed by atoms with Crippen LogP contribution in [0.4, 0.5) is 0 Å². The maximum absolute atomic E-state index is 13.5. The van der Waals surface area contributed by atoms with E-state index in [-0.39, 0.29) is 17.7 Å². The summed E-state index contributed by atoms with van der Waals surface area (Å²) >= 11 is 0. The number of amides is 4. The van der Waals surface area contributed by atoms with Gasteiger partial charge in [0, 0.05) is 13.0 Å². The zero-order valence-corrected chi connectivity index (χ0v) is 15.9. The molecule has 1 aromatic rings. The van der Waals surface area contributed by atoms with E-state index in [9.17, 15) is 19.2 Å². The second-order valence-electron chi connectivity index (χ2n) is 8.07. The fourth-order valence-electron chi connectivity index (χ4n) is 5.21. The highest BCUT2D eigenvalue weighted by molar-refractivity contribution is 6.09. The molecule has 2 N–H and O–H groups in total. The second-order valence-corrected chi connectivity index (χ2v) is 8.07. The van der Waals surface area contributed by atoms with E-state index >= 15 is 0 Å². The van der Waals surface area contributed by atoms with Crippen molar-refractivity contribution in [2.75, 3.05) is 7.05 Å². The van der Waals surface area contributed by atoms with Crippen LogP contribution in [0.1, 0.15) is 43.7 Å². The van der Waals surface area contributed by atoms with Crippen LogP contribution in [0, 0.1) is 17.8 Å². The smallest absolute Gasteiger partial charge is 0.241 e. The molecule has 2 heterocycles. The molecule has 0 bridgehead atoms. The monoisotopic (exact) mass is 383 g/mol. The van der Waals surface area contributed by atoms with Crippen molar-refractivity contribution in [1.82, 2.24) is 9.80 Å². The quantitative estimate of drug-likeness (QED) is 0.794. The normalized spacial score (nSPS) is 30.6. The standard InChI is InChI=1S/C21H25N3O4/c1-23-20(27)14-15(21(23)28)17(18(22)25)24(16(14)12-8-4-2-5-9-12)19(26)13-10-6-3-7-11-13/h2,4-5,8-9,13-17H,3,6-7,10-11H2,1H3,(H2,22,25). The highest BCUT2D eigenvalue weighted by Gasteiger charge is 2.64. The van der Waals surface area contributed by atoms with E-state index in [1.807, 2.05) is 30.3 Å². The SMILES string of the molecule is CN1C(=O)C2C(C1=O)C(c1ccccc1)N(C(=O)C1CCCCC1)C2C(N)=O. The third-order valence-corrected chi connectivity index (χ3v) is 6.54. The maximum atomic E-state index is 13.5. The molecule has 2 aliphatic heterocycles. The van der Waals surface area contributed by atoms with Crippen LogP contribution in [-0.4, -0.2) is 46.5 Å². The van der Waals surface area contributed by atoms with Crippen molar-refractivity contribution in [3.8, 4) is 0 Å². The van der Waals surface area contributed by atoms with Gasteiger partial charge >= 0.3 is 0 Å². The van der Waals surface area contributed by atoms with Crippen molar-refractivity contribution in [2.24, 2.45) is 23.5 Å². The summed E-state index contributed by atoms with van der Waals surface area (Å²) in [5.74, 6) is -3.54. The van der Waals surface area contributed by atoms with Gasteiger partial charge in [0.05, 0.1) is 17.9 Å². The molecule has 3 aliphatic rings. The minimum absolute atomic E-state index is 0.157. The lowest BCUT2D eigenvalue weighted by molar-refractivity contribution is -0.148. The van der Waals surface area contributed by atoms with Crippen molar-refractivity contribution in [3.63, 3.8) is 0 Å². The van der Waals surface area contributed by atoms with E-state index in [1.54, 1.807) is 0 Å². The van der Waals surface area contributed by atoms with Crippen molar-refractivity contribution in [1.29, 1.82) is 0 Å². The molecule has 4 atom stereocenters. The number of nitrogens with two attached hydrogens (primary N) is 1. The summed E-state index contributed by atoms with van der Waals surface area (Å²) in [6, 6.07) is 7.44. The number of primary amides is 1. The number of nitrogens with zero attached hydrogens (tertiary/aromatic N) is 2. The third-order valence-electron chi connectivity index (χ3n) is 6.54. The summed E-state index contributed by atoms with van der Waals surface area (Å²) in [5.41, 5.74) is 6.44. The Bertz CT molecular complexity index is 818. The van der Waals surface area contributed by atoms with Gasteiger partial charge in [-0.2, -0.15) is 0 Å². The molecule has 4 rings (SSSR count). The summed E-state index contributed by atoms with van der Waals surface area (Å²) in [6.45, 7) is 0. The van der Waals surface area contributed by atoms with Gasteiger partial charge in [0.15, 0.2) is 0 Å². The van der Waals surface area contributed by atoms with Gasteiger partial charge in [-0.3, -0.25) is 24.1 Å². The number of carbonyl (C=O) groups is 4. The number of imide groups is 1. The van der Waals surface area contributed by atoms with Crippen LogP contribution in [-0.2, 0) is 19.2 Å². The maximum Gasteiger partial charge on any atom is 0.241 e. The Balaban J connectivity index is 1.82. The Kier molecular flexibility index (Phi) is 4.69. The summed E-state index contributed by atoms with van der Waals surface area (Å²) in [7, 11) is 1.43. The fraction of sp³-hybridized carbons (Fsp3) is 0.524. The Hall–Kier alpha value is -2.70. The van der Waals surface area contributed by atoms with Crippen LogP contribution < -0.4 is 5.73 Å². The molecule has 0 aromatic heterocycles. The molecule has 7 nitrogen and oxygen atoms in total. The van der Waals surface area contributed by atoms with Gasteiger partial charge in [0.25, 0.3) is 0 Å². The molecule has 148 valence electrons. The first-order chi connectivity index (χ1) is 13.4. The van der Waals surface area contributed by atoms with Crippen LogP contribution in [0.5, 0.6) is 0 Å². The zero-order chi connectivity index (χ0) is 20.0. The largest absolute Gasteiger partial charge is 0.368 e. The Morgan fingerprint density at radius 2 is 1.57 bits per heavy atom. The minimum atomic E-state index is -1.09. The predicted molar refractivity (Wildman–Crippen MR) is 100 cm³/mol. The first kappa shape index (κ1) is 18.7. The average molecular weight is 383 g/mol. The molecule has 0 spiro atoms. The van der Waals surface area contributed by atoms with Gasteiger partial charge in [-0.05, 0) is 18.4 Å². The number of rotatable bonds is 3. The van der Waals surface area contributed by atoms with Crippen molar-refractivity contribution >= 4 is 23.6 Å².